The van der Waals surface area contributed by atoms with Crippen LogP contribution in [0.15, 0.2) is 58.5 Å². The van der Waals surface area contributed by atoms with E-state index in [1.165, 1.54) is 22.9 Å². The molecule has 0 saturated carbocycles. The van der Waals surface area contributed by atoms with Gasteiger partial charge in [0.2, 0.25) is 0 Å². The molecule has 0 fully saturated rings. The Balaban J connectivity index is 1.69. The van der Waals surface area contributed by atoms with Crippen LogP contribution >= 0.6 is 23.4 Å². The molecule has 2 aromatic carbocycles. The fourth-order valence-electron chi connectivity index (χ4n) is 3.42. The van der Waals surface area contributed by atoms with Crippen molar-refractivity contribution in [2.45, 2.75) is 44.8 Å². The van der Waals surface area contributed by atoms with Crippen LogP contribution in [0, 0.1) is 27.7 Å². The average Bonchev–Trinajstić information content (AvgIpc) is 2.96. The summed E-state index contributed by atoms with van der Waals surface area (Å²) >= 11 is 7.38. The first-order valence-corrected chi connectivity index (χ1v) is 11.0. The Bertz CT molecular complexity index is 1070. The summed E-state index contributed by atoms with van der Waals surface area (Å²) in [5, 5.41) is 4.60. The van der Waals surface area contributed by atoms with Crippen LogP contribution in [0.4, 0.5) is 0 Å². The number of hydrogen-bond donors (Lipinski definition) is 1. The highest BCUT2D eigenvalue weighted by molar-refractivity contribution is 8.00. The molecule has 0 saturated heterocycles. The summed E-state index contributed by atoms with van der Waals surface area (Å²) in [7, 11) is 0. The van der Waals surface area contributed by atoms with E-state index >= 15 is 0 Å². The first kappa shape index (κ1) is 22.2. The molecule has 3 aromatic rings. The van der Waals surface area contributed by atoms with Gasteiger partial charge in [-0.05, 0) is 88.2 Å². The lowest BCUT2D eigenvalue weighted by Gasteiger charge is -2.12. The Labute approximate surface area is 187 Å². The summed E-state index contributed by atoms with van der Waals surface area (Å²) in [4.78, 5) is 13.4. The second kappa shape index (κ2) is 9.54. The van der Waals surface area contributed by atoms with Crippen LogP contribution in [0.1, 0.15) is 35.0 Å². The average molecular weight is 440 g/mol. The number of aromatic nitrogens is 1. The number of carbonyl (C=O) groups is 1. The van der Waals surface area contributed by atoms with E-state index in [1.807, 2.05) is 31.2 Å². The number of benzene rings is 2. The van der Waals surface area contributed by atoms with Crippen molar-refractivity contribution in [3.8, 4) is 5.69 Å². The van der Waals surface area contributed by atoms with Gasteiger partial charge in [-0.25, -0.2) is 5.43 Å². The molecule has 0 aliphatic rings. The summed E-state index contributed by atoms with van der Waals surface area (Å²) in [6.07, 6.45) is 1.71. The molecule has 1 atom stereocenters. The second-order valence-electron chi connectivity index (χ2n) is 7.46. The molecule has 156 valence electrons. The smallest absolute Gasteiger partial charge is 0.253 e. The number of hydrogen-bond acceptors (Lipinski definition) is 3. The molecule has 0 bridgehead atoms. The highest BCUT2D eigenvalue weighted by Gasteiger charge is 2.14. The predicted octanol–water partition coefficient (Wildman–Crippen LogP) is 6.00. The number of aryl methyl sites for hydroxylation is 3. The molecule has 6 heteroatoms. The van der Waals surface area contributed by atoms with Gasteiger partial charge in [0.15, 0.2) is 0 Å². The first-order valence-electron chi connectivity index (χ1n) is 9.77. The topological polar surface area (TPSA) is 46.4 Å². The maximum absolute atomic E-state index is 12.4. The number of nitrogens with one attached hydrogen (secondary N) is 1. The third-order valence-electron chi connectivity index (χ3n) is 4.81. The fraction of sp³-hybridized carbons (Fsp3) is 0.250. The minimum atomic E-state index is -0.272. The van der Waals surface area contributed by atoms with Crippen LogP contribution in [0.2, 0.25) is 5.02 Å². The number of hydrazone groups is 1. The molecular weight excluding hydrogens is 414 g/mol. The summed E-state index contributed by atoms with van der Waals surface area (Å²) in [6.45, 7) is 10.2. The predicted molar refractivity (Wildman–Crippen MR) is 127 cm³/mol. The maximum atomic E-state index is 12.4. The van der Waals surface area contributed by atoms with Crippen LogP contribution in [-0.2, 0) is 4.79 Å². The molecule has 4 nitrogen and oxygen atoms in total. The van der Waals surface area contributed by atoms with E-state index in [4.69, 9.17) is 11.6 Å². The summed E-state index contributed by atoms with van der Waals surface area (Å²) in [5.41, 5.74) is 9.43. The van der Waals surface area contributed by atoms with Crippen molar-refractivity contribution in [1.29, 1.82) is 0 Å². The SMILES string of the molecule is Cc1cc(C)cc(-n2c(C)cc(/C=N\NC(=O)[C@@H](C)Sc3ccc(Cl)cc3)c2C)c1. The maximum Gasteiger partial charge on any atom is 0.253 e. The van der Waals surface area contributed by atoms with E-state index in [0.717, 1.165) is 27.5 Å². The largest absolute Gasteiger partial charge is 0.318 e. The van der Waals surface area contributed by atoms with Crippen LogP contribution in [0.25, 0.3) is 5.69 Å². The number of rotatable bonds is 6. The van der Waals surface area contributed by atoms with Crippen LogP contribution in [0.5, 0.6) is 0 Å². The first-order chi connectivity index (χ1) is 14.2. The zero-order chi connectivity index (χ0) is 21.8. The van der Waals surface area contributed by atoms with Crippen molar-refractivity contribution >= 4 is 35.5 Å². The number of nitrogens with zero attached hydrogens (tertiary/aromatic N) is 2. The molecule has 0 aliphatic carbocycles. The Morgan fingerprint density at radius 3 is 2.33 bits per heavy atom. The third-order valence-corrected chi connectivity index (χ3v) is 6.17. The Morgan fingerprint density at radius 2 is 1.70 bits per heavy atom. The molecular formula is C24H26ClN3OS. The van der Waals surface area contributed by atoms with Gasteiger partial charge in [-0.2, -0.15) is 5.10 Å². The van der Waals surface area contributed by atoms with Crippen LogP contribution < -0.4 is 5.43 Å². The number of carbonyl (C=O) groups excluding carboxylic acids is 1. The van der Waals surface area contributed by atoms with Gasteiger partial charge in [0.25, 0.3) is 5.91 Å². The zero-order valence-electron chi connectivity index (χ0n) is 17.9. The van der Waals surface area contributed by atoms with E-state index in [-0.39, 0.29) is 11.2 Å². The van der Waals surface area contributed by atoms with Crippen LogP contribution in [0.3, 0.4) is 0 Å². The van der Waals surface area contributed by atoms with Crippen molar-refractivity contribution in [3.05, 3.63) is 81.6 Å². The molecule has 1 aromatic heterocycles. The van der Waals surface area contributed by atoms with Crippen LogP contribution in [-0.4, -0.2) is 21.9 Å². The lowest BCUT2D eigenvalue weighted by Crippen LogP contribution is -2.26. The molecule has 0 radical (unpaired) electrons. The lowest BCUT2D eigenvalue weighted by atomic mass is 10.1. The van der Waals surface area contributed by atoms with E-state index in [2.05, 4.69) is 67.1 Å². The van der Waals surface area contributed by atoms with Gasteiger partial charge in [-0.3, -0.25) is 4.79 Å². The van der Waals surface area contributed by atoms with Gasteiger partial charge in [-0.1, -0.05) is 17.7 Å². The van der Waals surface area contributed by atoms with E-state index in [1.54, 1.807) is 6.21 Å². The Morgan fingerprint density at radius 1 is 1.07 bits per heavy atom. The number of halogens is 1. The standard InChI is InChI=1S/C24H26ClN3OS/c1-15-10-16(2)12-22(11-15)28-17(3)13-20(18(28)4)14-26-27-24(29)19(5)30-23-8-6-21(25)7-9-23/h6-14,19H,1-5H3,(H,27,29)/b26-14-/t19-/m1/s1. The quantitative estimate of drug-likeness (QED) is 0.291. The van der Waals surface area contributed by atoms with E-state index in [9.17, 15) is 4.79 Å². The van der Waals surface area contributed by atoms with Crippen molar-refractivity contribution in [3.63, 3.8) is 0 Å². The molecule has 1 N–H and O–H groups in total. The van der Waals surface area contributed by atoms with Gasteiger partial charge >= 0.3 is 0 Å². The lowest BCUT2D eigenvalue weighted by molar-refractivity contribution is -0.120. The Kier molecular flexibility index (Phi) is 7.06. The molecule has 0 spiro atoms. The van der Waals surface area contributed by atoms with Gasteiger partial charge in [0, 0.05) is 32.6 Å². The molecule has 0 unspecified atom stereocenters. The Hall–Kier alpha value is -2.50. The van der Waals surface area contributed by atoms with Gasteiger partial charge in [-0.15, -0.1) is 11.8 Å². The highest BCUT2D eigenvalue weighted by atomic mass is 35.5. The molecule has 30 heavy (non-hydrogen) atoms. The van der Waals surface area contributed by atoms with Gasteiger partial charge in [0.05, 0.1) is 11.5 Å². The zero-order valence-corrected chi connectivity index (χ0v) is 19.4. The minimum Gasteiger partial charge on any atom is -0.318 e. The normalized spacial score (nSPS) is 12.3. The van der Waals surface area contributed by atoms with Crippen molar-refractivity contribution in [2.75, 3.05) is 0 Å². The van der Waals surface area contributed by atoms with Crippen molar-refractivity contribution in [2.24, 2.45) is 5.10 Å². The molecule has 3 rings (SSSR count). The van der Waals surface area contributed by atoms with E-state index in [0.29, 0.717) is 5.02 Å². The molecule has 1 heterocycles. The summed E-state index contributed by atoms with van der Waals surface area (Å²) < 4.78 is 2.21. The number of thioether (sulfide) groups is 1. The van der Waals surface area contributed by atoms with Gasteiger partial charge in [0.1, 0.15) is 0 Å². The summed E-state index contributed by atoms with van der Waals surface area (Å²) in [6, 6.07) is 16.0. The minimum absolute atomic E-state index is 0.144. The number of amides is 1. The summed E-state index contributed by atoms with van der Waals surface area (Å²) in [5.74, 6) is -0.144. The fourth-order valence-corrected chi connectivity index (χ4v) is 4.41. The second-order valence-corrected chi connectivity index (χ2v) is 9.31. The van der Waals surface area contributed by atoms with Crippen molar-refractivity contribution < 1.29 is 4.79 Å². The monoisotopic (exact) mass is 439 g/mol. The van der Waals surface area contributed by atoms with Crippen molar-refractivity contribution in [1.82, 2.24) is 9.99 Å². The highest BCUT2D eigenvalue weighted by Crippen LogP contribution is 2.25. The van der Waals surface area contributed by atoms with Gasteiger partial charge < -0.3 is 4.57 Å². The van der Waals surface area contributed by atoms with E-state index < -0.39 is 0 Å². The molecule has 0 aliphatic heterocycles. The molecule has 1 amide bonds. The third kappa shape index (κ3) is 5.35.